The van der Waals surface area contributed by atoms with Gasteiger partial charge in [0.2, 0.25) is 11.8 Å². The molecule has 23 nitrogen and oxygen atoms in total. The van der Waals surface area contributed by atoms with Gasteiger partial charge in [-0.2, -0.15) is 0 Å². The third-order valence-corrected chi connectivity index (χ3v) is 19.1. The Bertz CT molecular complexity index is 2970. The fraction of sp³-hybridized carbons (Fsp3) is 0.658. The number of phenolic OH excluding ortho intramolecular Hbond substituents is 2. The Balaban J connectivity index is 1.93. The molecule has 23 heteroatoms. The van der Waals surface area contributed by atoms with E-state index in [2.05, 4.69) is 9.98 Å². The van der Waals surface area contributed by atoms with E-state index >= 15 is 0 Å². The summed E-state index contributed by atoms with van der Waals surface area (Å²) in [6.07, 6.45) is -1.24. The summed E-state index contributed by atoms with van der Waals surface area (Å²) in [5.74, 6) is -16.1. The first-order valence-electron chi connectivity index (χ1n) is 34.5. The summed E-state index contributed by atoms with van der Waals surface area (Å²) in [6.45, 7) is 16.7. The number of amides is 2. The van der Waals surface area contributed by atoms with Gasteiger partial charge >= 0.3 is 5.97 Å². The number of Topliss-reactive ketones (excluding diaryl/α,β-unsaturated/α-hetero) is 8. The zero-order valence-corrected chi connectivity index (χ0v) is 58.3. The number of aromatic hydroxyl groups is 2. The first-order valence-corrected chi connectivity index (χ1v) is 34.5. The molecular formula is C73H112N8O15. The summed E-state index contributed by atoms with van der Waals surface area (Å²) in [4.78, 5) is 166. The number of guanidine groups is 2. The maximum Gasteiger partial charge on any atom is 0.307 e. The number of rotatable bonds is 49. The number of aliphatic imine (C=N–C) groups is 2. The number of aliphatic hydroxyl groups excluding tert-OH is 1. The molecule has 1 aliphatic rings. The van der Waals surface area contributed by atoms with Crippen LogP contribution in [-0.2, 0) is 65.6 Å². The second kappa shape index (κ2) is 41.4. The molecule has 1 aliphatic heterocycles. The molecule has 0 bridgehead atoms. The number of hydrogen-bond donors (Lipinski definition) is 9. The van der Waals surface area contributed by atoms with Crippen LogP contribution < -0.4 is 28.7 Å². The van der Waals surface area contributed by atoms with E-state index in [-0.39, 0.29) is 144 Å². The van der Waals surface area contributed by atoms with Gasteiger partial charge in [0.25, 0.3) is 0 Å². The van der Waals surface area contributed by atoms with Gasteiger partial charge < -0.3 is 54.0 Å². The molecule has 0 spiro atoms. The Kier molecular flexibility index (Phi) is 35.6. The number of hydrogen-bond acceptors (Lipinski definition) is 16. The molecule has 0 aliphatic carbocycles. The van der Waals surface area contributed by atoms with Crippen LogP contribution in [0.15, 0.2) is 58.5 Å². The lowest BCUT2D eigenvalue weighted by molar-refractivity contribution is -0.145. The minimum atomic E-state index is -1.41. The standard InChI is InChI=1S/C73H112N8O15/c1-10-44(7)58(40-64(88)52(30-43(5)6)36-62(86)53(39-68(74)92)33-54(69(93)45(8)11-2)37-63(87)51(29-42(3)4)31-47-18-22-56(83)23-19-47)66(90)41-59(46(9)82)65(89)35-50(16-13-27-80-73(77)78)70(94)81-28-14-17-60(81)67(91)34-49(15-12-26-79-72(75)76)61(85)38-55(71(95)96)32-48-20-24-57(84)25-21-48/h18-25,42-46,49-55,58-60,82-84H,10-17,26-41H2,1-9H3,(H2,74,92)(H,95,96)(H4,75,76,79)(H4,77,78,80). The number of nitrogens with zero attached hydrogens (tertiary/aromatic N) is 3. The van der Waals surface area contributed by atoms with Crippen molar-refractivity contribution in [2.75, 3.05) is 19.6 Å². The maximum absolute atomic E-state index is 14.9. The van der Waals surface area contributed by atoms with Gasteiger partial charge in [0.1, 0.15) is 52.0 Å². The molecule has 13 atom stereocenters. The largest absolute Gasteiger partial charge is 0.508 e. The lowest BCUT2D eigenvalue weighted by Crippen LogP contribution is -2.45. The van der Waals surface area contributed by atoms with Crippen molar-refractivity contribution >= 4 is 76.0 Å². The molecule has 14 N–H and O–H groups in total. The van der Waals surface area contributed by atoms with Crippen LogP contribution in [0.2, 0.25) is 0 Å². The van der Waals surface area contributed by atoms with Gasteiger partial charge in [-0.15, -0.1) is 0 Å². The van der Waals surface area contributed by atoms with Gasteiger partial charge in [-0.1, -0.05) is 86.1 Å². The molecule has 2 aromatic rings. The molecule has 1 saturated heterocycles. The molecule has 3 rings (SSSR count). The molecule has 1 heterocycles. The van der Waals surface area contributed by atoms with E-state index in [0.717, 1.165) is 5.56 Å². The molecule has 2 aromatic carbocycles. The Morgan fingerprint density at radius 1 is 0.510 bits per heavy atom. The van der Waals surface area contributed by atoms with E-state index < -0.39 is 155 Å². The predicted molar refractivity (Wildman–Crippen MR) is 368 cm³/mol. The molecular weight excluding hydrogens is 1230 g/mol. The number of primary amides is 1. The van der Waals surface area contributed by atoms with Crippen molar-refractivity contribution in [3.8, 4) is 11.5 Å². The van der Waals surface area contributed by atoms with Crippen molar-refractivity contribution in [3.63, 3.8) is 0 Å². The number of ketones is 8. The second-order valence-corrected chi connectivity index (χ2v) is 28.0. The number of likely N-dealkylation sites (tertiary alicyclic amines) is 1. The van der Waals surface area contributed by atoms with Crippen molar-refractivity contribution in [2.24, 2.45) is 116 Å². The van der Waals surface area contributed by atoms with E-state index in [9.17, 15) is 73.2 Å². The molecule has 534 valence electrons. The van der Waals surface area contributed by atoms with Crippen LogP contribution in [0.25, 0.3) is 0 Å². The third kappa shape index (κ3) is 28.6. The number of carboxylic acids is 1. The van der Waals surface area contributed by atoms with E-state index in [1.165, 1.54) is 24.0 Å². The number of carbonyl (C=O) groups excluding carboxylic acids is 10. The summed E-state index contributed by atoms with van der Waals surface area (Å²) in [6, 6.07) is 11.5. The highest BCUT2D eigenvalue weighted by molar-refractivity contribution is 5.98. The predicted octanol–water partition coefficient (Wildman–Crippen LogP) is 7.73. The zero-order chi connectivity index (χ0) is 72.1. The number of benzene rings is 2. The van der Waals surface area contributed by atoms with E-state index in [0.29, 0.717) is 37.7 Å². The normalized spacial score (nSPS) is 16.9. The molecule has 13 unspecified atom stereocenters. The summed E-state index contributed by atoms with van der Waals surface area (Å²) >= 11 is 0. The molecule has 0 aromatic heterocycles. The van der Waals surface area contributed by atoms with Gasteiger partial charge in [0.05, 0.1) is 24.0 Å². The summed E-state index contributed by atoms with van der Waals surface area (Å²) in [5.41, 5.74) is 29.5. The van der Waals surface area contributed by atoms with E-state index in [1.54, 1.807) is 50.2 Å². The van der Waals surface area contributed by atoms with Crippen LogP contribution in [0.3, 0.4) is 0 Å². The topological polar surface area (TPSA) is 427 Å². The van der Waals surface area contributed by atoms with Gasteiger partial charge in [0, 0.05) is 118 Å². The Hall–Kier alpha value is -7.69. The molecule has 1 fully saturated rings. The van der Waals surface area contributed by atoms with Crippen molar-refractivity contribution in [2.45, 2.75) is 209 Å². The SMILES string of the molecule is CCC(C)C(=O)C(CC(=O)C(Cc1ccc(O)cc1)CC(C)C)CC(CC(N)=O)C(=O)CC(CC(C)C)C(=O)CC(C(=O)CC(C(=O)CC(CCCN=C(N)N)C(=O)N1CCCC1C(=O)CC(CCCN=C(N)N)C(=O)CC(Cc1ccc(O)cc1)C(=O)O)C(C)O)C(C)CC. The van der Waals surface area contributed by atoms with Crippen molar-refractivity contribution < 1.29 is 73.2 Å². The Morgan fingerprint density at radius 3 is 1.44 bits per heavy atom. The van der Waals surface area contributed by atoms with Gasteiger partial charge in [-0.3, -0.25) is 62.7 Å². The second-order valence-electron chi connectivity index (χ2n) is 28.0. The van der Waals surface area contributed by atoms with E-state index in [4.69, 9.17) is 28.7 Å². The number of nitrogens with two attached hydrogens (primary N) is 5. The van der Waals surface area contributed by atoms with Crippen LogP contribution in [0.1, 0.15) is 195 Å². The maximum atomic E-state index is 14.9. The zero-order valence-electron chi connectivity index (χ0n) is 58.3. The first-order chi connectivity index (χ1) is 45.1. The summed E-state index contributed by atoms with van der Waals surface area (Å²) in [5, 5.41) is 41.2. The van der Waals surface area contributed by atoms with Crippen LogP contribution in [0.5, 0.6) is 11.5 Å². The van der Waals surface area contributed by atoms with Crippen molar-refractivity contribution in [3.05, 3.63) is 59.7 Å². The Morgan fingerprint density at radius 2 is 0.948 bits per heavy atom. The highest BCUT2D eigenvalue weighted by Gasteiger charge is 2.42. The number of aliphatic carboxylic acids is 1. The number of aliphatic hydroxyl groups is 1. The monoisotopic (exact) mass is 1340 g/mol. The average molecular weight is 1340 g/mol. The first kappa shape index (κ1) is 82.5. The van der Waals surface area contributed by atoms with Crippen molar-refractivity contribution in [1.29, 1.82) is 0 Å². The van der Waals surface area contributed by atoms with Crippen molar-refractivity contribution in [1.82, 2.24) is 4.90 Å². The average Bonchev–Trinajstić information content (AvgIpc) is 1.50. The number of phenols is 2. The molecule has 0 saturated carbocycles. The minimum Gasteiger partial charge on any atom is -0.508 e. The fourth-order valence-electron chi connectivity index (χ4n) is 13.3. The number of carbonyl (C=O) groups is 11. The van der Waals surface area contributed by atoms with Crippen LogP contribution in [0, 0.1) is 76.9 Å². The van der Waals surface area contributed by atoms with Gasteiger partial charge in [-0.05, 0) is 137 Å². The lowest BCUT2D eigenvalue weighted by atomic mass is 9.74. The van der Waals surface area contributed by atoms with E-state index in [1.807, 2.05) is 41.5 Å². The molecule has 2 amide bonds. The number of carboxylic acid groups (broad SMARTS) is 1. The van der Waals surface area contributed by atoms with Crippen LogP contribution >= 0.6 is 0 Å². The third-order valence-electron chi connectivity index (χ3n) is 19.1. The Labute approximate surface area is 567 Å². The molecule has 0 radical (unpaired) electrons. The summed E-state index contributed by atoms with van der Waals surface area (Å²) < 4.78 is 0. The van der Waals surface area contributed by atoms with Crippen LogP contribution in [0.4, 0.5) is 0 Å². The highest BCUT2D eigenvalue weighted by atomic mass is 16.4. The molecule has 96 heavy (non-hydrogen) atoms. The smallest absolute Gasteiger partial charge is 0.307 e. The minimum absolute atomic E-state index is 0.0161. The summed E-state index contributed by atoms with van der Waals surface area (Å²) in [7, 11) is 0. The lowest BCUT2D eigenvalue weighted by Gasteiger charge is -2.30. The quantitative estimate of drug-likeness (QED) is 0.0174. The van der Waals surface area contributed by atoms with Gasteiger partial charge in [-0.25, -0.2) is 0 Å². The highest BCUT2D eigenvalue weighted by Crippen LogP contribution is 2.35. The van der Waals surface area contributed by atoms with Gasteiger partial charge in [0.15, 0.2) is 17.7 Å². The fourth-order valence-corrected chi connectivity index (χ4v) is 13.3. The van der Waals surface area contributed by atoms with Crippen LogP contribution in [-0.4, -0.2) is 133 Å².